The molecule has 116 valence electrons. The lowest BCUT2D eigenvalue weighted by atomic mass is 10.0. The van der Waals surface area contributed by atoms with Gasteiger partial charge in [-0.2, -0.15) is 0 Å². The molecule has 0 aliphatic rings. The number of nitrogens with zero attached hydrogens (tertiary/aromatic N) is 1. The molecule has 0 radical (unpaired) electrons. The van der Waals surface area contributed by atoms with Gasteiger partial charge in [0.2, 0.25) is 0 Å². The monoisotopic (exact) mass is 293 g/mol. The van der Waals surface area contributed by atoms with Gasteiger partial charge < -0.3 is 15.1 Å². The topological polar surface area (TPSA) is 77.8 Å². The minimum Gasteiger partial charge on any atom is -0.481 e. The van der Waals surface area contributed by atoms with Crippen molar-refractivity contribution in [2.24, 2.45) is 5.92 Å². The van der Waals surface area contributed by atoms with E-state index in [9.17, 15) is 9.59 Å². The van der Waals surface area contributed by atoms with Gasteiger partial charge in [0.15, 0.2) is 0 Å². The fourth-order valence-electron chi connectivity index (χ4n) is 2.00. The van der Waals surface area contributed by atoms with Crippen LogP contribution in [0.5, 0.6) is 0 Å². The van der Waals surface area contributed by atoms with Crippen LogP contribution in [0.25, 0.3) is 0 Å². The highest BCUT2D eigenvalue weighted by Crippen LogP contribution is 2.13. The van der Waals surface area contributed by atoms with Gasteiger partial charge in [-0.3, -0.25) is 9.59 Å². The Morgan fingerprint density at radius 1 is 1.24 bits per heavy atom. The third-order valence-electron chi connectivity index (χ3n) is 3.54. The molecule has 0 bridgehead atoms. The smallest absolute Gasteiger partial charge is 0.308 e. The third kappa shape index (κ3) is 4.86. The molecule has 0 saturated heterocycles. The summed E-state index contributed by atoms with van der Waals surface area (Å²) in [5.41, 5.74) is 2.68. The molecule has 1 atom stereocenters. The van der Waals surface area contributed by atoms with E-state index in [1.165, 1.54) is 4.90 Å². The predicted octanol–water partition coefficient (Wildman–Crippen LogP) is 1.85. The summed E-state index contributed by atoms with van der Waals surface area (Å²) in [4.78, 5) is 25.0. The van der Waals surface area contributed by atoms with Crippen LogP contribution in [0.15, 0.2) is 18.2 Å². The van der Waals surface area contributed by atoms with Crippen molar-refractivity contribution in [1.82, 2.24) is 4.90 Å². The minimum atomic E-state index is -0.933. The normalized spacial score (nSPS) is 12.0. The number of aryl methyl sites for hydroxylation is 2. The third-order valence-corrected chi connectivity index (χ3v) is 3.54. The summed E-state index contributed by atoms with van der Waals surface area (Å²) in [7, 11) is 0. The molecule has 0 saturated carbocycles. The second kappa shape index (κ2) is 7.78. The zero-order chi connectivity index (χ0) is 16.0. The Kier molecular flexibility index (Phi) is 6.37. The molecule has 1 aromatic carbocycles. The van der Waals surface area contributed by atoms with Gasteiger partial charge >= 0.3 is 5.97 Å². The first kappa shape index (κ1) is 17.2. The fourth-order valence-corrected chi connectivity index (χ4v) is 2.00. The Balaban J connectivity index is 2.92. The first-order valence-electron chi connectivity index (χ1n) is 7.07. The van der Waals surface area contributed by atoms with Gasteiger partial charge in [-0.05, 0) is 43.5 Å². The second-order valence-corrected chi connectivity index (χ2v) is 5.37. The number of rotatable bonds is 7. The molecule has 0 aliphatic carbocycles. The molecule has 0 aliphatic heterocycles. The molecule has 21 heavy (non-hydrogen) atoms. The first-order valence-corrected chi connectivity index (χ1v) is 7.07. The average molecular weight is 293 g/mol. The second-order valence-electron chi connectivity index (χ2n) is 5.37. The van der Waals surface area contributed by atoms with E-state index < -0.39 is 11.9 Å². The van der Waals surface area contributed by atoms with Crippen LogP contribution in [0.3, 0.4) is 0 Å². The zero-order valence-corrected chi connectivity index (χ0v) is 12.8. The van der Waals surface area contributed by atoms with Crippen LogP contribution < -0.4 is 0 Å². The molecule has 0 aromatic heterocycles. The quantitative estimate of drug-likeness (QED) is 0.804. The Hall–Kier alpha value is -1.88. The standard InChI is InChI=1S/C16H23NO4/c1-11-5-6-14(9-12(11)2)15(19)17(7-4-8-18)10-13(3)16(20)21/h5-6,9,13,18H,4,7-8,10H2,1-3H3,(H,20,21). The zero-order valence-electron chi connectivity index (χ0n) is 12.8. The van der Waals surface area contributed by atoms with Crippen molar-refractivity contribution in [2.75, 3.05) is 19.7 Å². The van der Waals surface area contributed by atoms with Gasteiger partial charge in [0, 0.05) is 25.3 Å². The number of aliphatic carboxylic acids is 1. The molecular weight excluding hydrogens is 270 g/mol. The van der Waals surface area contributed by atoms with Crippen molar-refractivity contribution in [3.63, 3.8) is 0 Å². The maximum absolute atomic E-state index is 12.5. The number of carbonyl (C=O) groups excluding carboxylic acids is 1. The summed E-state index contributed by atoms with van der Waals surface area (Å²) in [6, 6.07) is 5.45. The number of carboxylic acid groups (broad SMARTS) is 1. The summed E-state index contributed by atoms with van der Waals surface area (Å²) >= 11 is 0. The van der Waals surface area contributed by atoms with Gasteiger partial charge in [0.1, 0.15) is 0 Å². The number of hydrogen-bond acceptors (Lipinski definition) is 3. The van der Waals surface area contributed by atoms with Gasteiger partial charge in [0.25, 0.3) is 5.91 Å². The molecule has 0 heterocycles. The van der Waals surface area contributed by atoms with Crippen LogP contribution in [-0.2, 0) is 4.79 Å². The fraction of sp³-hybridized carbons (Fsp3) is 0.500. The highest BCUT2D eigenvalue weighted by Gasteiger charge is 2.21. The van der Waals surface area contributed by atoms with Crippen LogP contribution in [0.4, 0.5) is 0 Å². The molecule has 0 fully saturated rings. The molecule has 1 aromatic rings. The van der Waals surface area contributed by atoms with Crippen LogP contribution >= 0.6 is 0 Å². The van der Waals surface area contributed by atoms with Crippen LogP contribution in [0.2, 0.25) is 0 Å². The number of aliphatic hydroxyl groups excluding tert-OH is 1. The Bertz CT molecular complexity index is 513. The van der Waals surface area contributed by atoms with Crippen molar-refractivity contribution in [3.05, 3.63) is 34.9 Å². The molecule has 1 unspecified atom stereocenters. The maximum Gasteiger partial charge on any atom is 0.308 e. The highest BCUT2D eigenvalue weighted by molar-refractivity contribution is 5.94. The number of hydrogen-bond donors (Lipinski definition) is 2. The van der Waals surface area contributed by atoms with Gasteiger partial charge in [-0.15, -0.1) is 0 Å². The van der Waals surface area contributed by atoms with Gasteiger partial charge in [0.05, 0.1) is 5.92 Å². The number of aliphatic hydroxyl groups is 1. The summed E-state index contributed by atoms with van der Waals surface area (Å²) < 4.78 is 0. The summed E-state index contributed by atoms with van der Waals surface area (Å²) in [5, 5.41) is 17.9. The minimum absolute atomic E-state index is 0.0296. The van der Waals surface area contributed by atoms with E-state index in [2.05, 4.69) is 0 Å². The van der Waals surface area contributed by atoms with E-state index in [0.717, 1.165) is 11.1 Å². The van der Waals surface area contributed by atoms with E-state index in [1.54, 1.807) is 13.0 Å². The number of carbonyl (C=O) groups is 2. The molecule has 0 spiro atoms. The van der Waals surface area contributed by atoms with E-state index in [-0.39, 0.29) is 19.1 Å². The lowest BCUT2D eigenvalue weighted by Crippen LogP contribution is -2.38. The molecule has 5 heteroatoms. The molecule has 5 nitrogen and oxygen atoms in total. The highest BCUT2D eigenvalue weighted by atomic mass is 16.4. The van der Waals surface area contributed by atoms with E-state index in [0.29, 0.717) is 18.5 Å². The number of amides is 1. The number of carboxylic acids is 1. The van der Waals surface area contributed by atoms with Crippen molar-refractivity contribution in [1.29, 1.82) is 0 Å². The molecule has 1 amide bonds. The summed E-state index contributed by atoms with van der Waals surface area (Å²) in [6.07, 6.45) is 0.433. The van der Waals surface area contributed by atoms with E-state index >= 15 is 0 Å². The summed E-state index contributed by atoms with van der Waals surface area (Å²) in [5.74, 6) is -1.77. The van der Waals surface area contributed by atoms with Gasteiger partial charge in [-0.1, -0.05) is 13.0 Å². The van der Waals surface area contributed by atoms with Crippen molar-refractivity contribution in [2.45, 2.75) is 27.2 Å². The molecule has 1 rings (SSSR count). The predicted molar refractivity (Wildman–Crippen MR) is 80.3 cm³/mol. The Morgan fingerprint density at radius 2 is 1.90 bits per heavy atom. The Labute approximate surface area is 125 Å². The average Bonchev–Trinajstić information content (AvgIpc) is 2.45. The first-order chi connectivity index (χ1) is 9.86. The Morgan fingerprint density at radius 3 is 2.43 bits per heavy atom. The largest absolute Gasteiger partial charge is 0.481 e. The maximum atomic E-state index is 12.5. The van der Waals surface area contributed by atoms with Crippen molar-refractivity contribution in [3.8, 4) is 0 Å². The number of benzene rings is 1. The van der Waals surface area contributed by atoms with E-state index in [1.807, 2.05) is 26.0 Å². The van der Waals surface area contributed by atoms with Crippen LogP contribution in [0.1, 0.15) is 34.8 Å². The van der Waals surface area contributed by atoms with Crippen molar-refractivity contribution < 1.29 is 19.8 Å². The van der Waals surface area contributed by atoms with Crippen LogP contribution in [-0.4, -0.2) is 46.7 Å². The lowest BCUT2D eigenvalue weighted by Gasteiger charge is -2.24. The van der Waals surface area contributed by atoms with Crippen molar-refractivity contribution >= 4 is 11.9 Å². The lowest BCUT2D eigenvalue weighted by molar-refractivity contribution is -0.141. The van der Waals surface area contributed by atoms with Crippen LogP contribution in [0, 0.1) is 19.8 Å². The van der Waals surface area contributed by atoms with E-state index in [4.69, 9.17) is 10.2 Å². The molecular formula is C16H23NO4. The SMILES string of the molecule is Cc1ccc(C(=O)N(CCCO)CC(C)C(=O)O)cc1C. The van der Waals surface area contributed by atoms with Gasteiger partial charge in [-0.25, -0.2) is 0 Å². The summed E-state index contributed by atoms with van der Waals surface area (Å²) in [6.45, 7) is 5.94. The molecule has 2 N–H and O–H groups in total.